The second-order valence-corrected chi connectivity index (χ2v) is 5.65. The molecule has 1 aromatic heterocycles. The summed E-state index contributed by atoms with van der Waals surface area (Å²) in [5.41, 5.74) is 7.27. The van der Waals surface area contributed by atoms with Crippen LogP contribution in [-0.4, -0.2) is 33.9 Å². The van der Waals surface area contributed by atoms with Crippen molar-refractivity contribution in [3.63, 3.8) is 0 Å². The average Bonchev–Trinajstić information content (AvgIpc) is 2.58. The second-order valence-electron chi connectivity index (χ2n) is 5.65. The van der Waals surface area contributed by atoms with Crippen LogP contribution in [0.15, 0.2) is 0 Å². The van der Waals surface area contributed by atoms with Gasteiger partial charge in [-0.05, 0) is 25.2 Å². The minimum absolute atomic E-state index is 0.0548. The molecule has 0 saturated heterocycles. The summed E-state index contributed by atoms with van der Waals surface area (Å²) in [5, 5.41) is 15.9. The molecule has 0 fully saturated rings. The van der Waals surface area contributed by atoms with E-state index in [0.29, 0.717) is 23.6 Å². The van der Waals surface area contributed by atoms with Crippen molar-refractivity contribution in [3.8, 4) is 0 Å². The molecule has 0 atom stereocenters. The fourth-order valence-electron chi connectivity index (χ4n) is 1.99. The molecule has 1 aromatic rings. The number of nitrogen functional groups attached to an aromatic ring is 1. The molecule has 0 aliphatic heterocycles. The quantitative estimate of drug-likeness (QED) is 0.712. The normalized spacial score (nSPS) is 11.6. The number of rotatable bonds is 6. The fraction of sp³-hybridized carbons (Fsp3) is 0.692. The molecule has 108 valence electrons. The zero-order chi connectivity index (χ0) is 14.6. The van der Waals surface area contributed by atoms with E-state index in [9.17, 15) is 4.79 Å². The first-order valence-electron chi connectivity index (χ1n) is 6.46. The monoisotopic (exact) mass is 268 g/mol. The van der Waals surface area contributed by atoms with Crippen LogP contribution in [0.4, 0.5) is 5.69 Å². The van der Waals surface area contributed by atoms with E-state index >= 15 is 0 Å². The topological polar surface area (TPSA) is 93.2 Å². The number of aliphatic hydroxyl groups excluding tert-OH is 1. The average molecular weight is 268 g/mol. The van der Waals surface area contributed by atoms with Gasteiger partial charge in [0.1, 0.15) is 5.69 Å². The minimum Gasteiger partial charge on any atom is -0.396 e. The largest absolute Gasteiger partial charge is 0.396 e. The molecule has 6 nitrogen and oxygen atoms in total. The number of carbonyl (C=O) groups excluding carboxylic acids is 1. The Hall–Kier alpha value is -1.56. The molecular formula is C13H24N4O2. The summed E-state index contributed by atoms with van der Waals surface area (Å²) in [7, 11) is 1.70. The van der Waals surface area contributed by atoms with Crippen LogP contribution in [0.2, 0.25) is 0 Å². The predicted molar refractivity (Wildman–Crippen MR) is 74.8 cm³/mol. The third-order valence-electron chi connectivity index (χ3n) is 3.22. The molecule has 4 N–H and O–H groups in total. The van der Waals surface area contributed by atoms with Crippen molar-refractivity contribution < 1.29 is 9.90 Å². The predicted octanol–water partition coefficient (Wildman–Crippen LogP) is 0.839. The molecular weight excluding hydrogens is 244 g/mol. The number of aryl methyl sites for hydroxylation is 2. The summed E-state index contributed by atoms with van der Waals surface area (Å²) in [4.78, 5) is 12.1. The van der Waals surface area contributed by atoms with Crippen LogP contribution >= 0.6 is 0 Å². The number of anilines is 1. The van der Waals surface area contributed by atoms with E-state index in [1.807, 2.05) is 0 Å². The number of nitrogens with one attached hydrogen (secondary N) is 1. The summed E-state index contributed by atoms with van der Waals surface area (Å²) >= 11 is 0. The van der Waals surface area contributed by atoms with Crippen molar-refractivity contribution in [2.24, 2.45) is 12.5 Å². The van der Waals surface area contributed by atoms with Crippen molar-refractivity contribution in [1.29, 1.82) is 0 Å². The van der Waals surface area contributed by atoms with Crippen molar-refractivity contribution in [1.82, 2.24) is 15.1 Å². The Kier molecular flexibility index (Phi) is 4.94. The molecule has 1 rings (SSSR count). The van der Waals surface area contributed by atoms with E-state index in [4.69, 9.17) is 10.8 Å². The highest BCUT2D eigenvalue weighted by atomic mass is 16.2. The summed E-state index contributed by atoms with van der Waals surface area (Å²) in [6, 6.07) is 0. The lowest BCUT2D eigenvalue weighted by molar-refractivity contribution is 0.0924. The van der Waals surface area contributed by atoms with Gasteiger partial charge in [-0.2, -0.15) is 5.10 Å². The van der Waals surface area contributed by atoms with Gasteiger partial charge in [-0.15, -0.1) is 0 Å². The molecule has 0 spiro atoms. The first kappa shape index (κ1) is 15.5. The van der Waals surface area contributed by atoms with Crippen molar-refractivity contribution in [2.75, 3.05) is 18.9 Å². The van der Waals surface area contributed by atoms with Crippen LogP contribution in [0.25, 0.3) is 0 Å². The molecule has 0 bridgehead atoms. The Bertz CT molecular complexity index is 452. The van der Waals surface area contributed by atoms with Crippen LogP contribution < -0.4 is 11.1 Å². The van der Waals surface area contributed by atoms with Gasteiger partial charge in [0.2, 0.25) is 0 Å². The van der Waals surface area contributed by atoms with Gasteiger partial charge < -0.3 is 16.2 Å². The van der Waals surface area contributed by atoms with Crippen molar-refractivity contribution >= 4 is 11.6 Å². The highest BCUT2D eigenvalue weighted by molar-refractivity contribution is 5.97. The van der Waals surface area contributed by atoms with Crippen molar-refractivity contribution in [3.05, 3.63) is 11.4 Å². The molecule has 0 unspecified atom stereocenters. The standard InChI is InChI=1S/C13H24N4O2/c1-9-10(14)11(17(4)16-9)12(19)15-8-13(2,3)6-5-7-18/h18H,5-8,14H2,1-4H3,(H,15,19). The van der Waals surface area contributed by atoms with Crippen molar-refractivity contribution in [2.45, 2.75) is 33.6 Å². The van der Waals surface area contributed by atoms with E-state index in [2.05, 4.69) is 24.3 Å². The molecule has 1 amide bonds. The highest BCUT2D eigenvalue weighted by Crippen LogP contribution is 2.21. The molecule has 1 heterocycles. The molecule has 19 heavy (non-hydrogen) atoms. The molecule has 0 aliphatic rings. The Morgan fingerprint density at radius 3 is 2.63 bits per heavy atom. The Morgan fingerprint density at radius 2 is 2.16 bits per heavy atom. The zero-order valence-corrected chi connectivity index (χ0v) is 12.2. The number of aliphatic hydroxyl groups is 1. The maximum absolute atomic E-state index is 12.1. The van der Waals surface area contributed by atoms with Gasteiger partial charge in [0.15, 0.2) is 0 Å². The van der Waals surface area contributed by atoms with E-state index < -0.39 is 0 Å². The first-order chi connectivity index (χ1) is 8.78. The first-order valence-corrected chi connectivity index (χ1v) is 6.46. The van der Waals surface area contributed by atoms with Crippen LogP contribution in [0.3, 0.4) is 0 Å². The van der Waals surface area contributed by atoms with E-state index in [-0.39, 0.29) is 17.9 Å². The molecule has 0 aliphatic carbocycles. The lowest BCUT2D eigenvalue weighted by Gasteiger charge is -2.24. The highest BCUT2D eigenvalue weighted by Gasteiger charge is 2.22. The summed E-state index contributed by atoms with van der Waals surface area (Å²) in [5.74, 6) is -0.210. The van der Waals surface area contributed by atoms with Crippen LogP contribution in [0.1, 0.15) is 42.9 Å². The number of hydrogen-bond donors (Lipinski definition) is 3. The van der Waals surface area contributed by atoms with Gasteiger partial charge in [-0.3, -0.25) is 9.48 Å². The smallest absolute Gasteiger partial charge is 0.271 e. The Labute approximate surface area is 114 Å². The molecule has 6 heteroatoms. The maximum Gasteiger partial charge on any atom is 0.271 e. The van der Waals surface area contributed by atoms with Crippen LogP contribution in [-0.2, 0) is 7.05 Å². The minimum atomic E-state index is -0.210. The third kappa shape index (κ3) is 3.96. The van der Waals surface area contributed by atoms with Gasteiger partial charge in [0, 0.05) is 20.2 Å². The fourth-order valence-corrected chi connectivity index (χ4v) is 1.99. The van der Waals surface area contributed by atoms with Gasteiger partial charge in [0.05, 0.1) is 11.4 Å². The summed E-state index contributed by atoms with van der Waals surface area (Å²) < 4.78 is 1.50. The zero-order valence-electron chi connectivity index (χ0n) is 12.2. The molecule has 0 saturated carbocycles. The second kappa shape index (κ2) is 6.06. The number of aromatic nitrogens is 2. The lowest BCUT2D eigenvalue weighted by Crippen LogP contribution is -2.35. The summed E-state index contributed by atoms with van der Waals surface area (Å²) in [6.45, 7) is 6.60. The number of hydrogen-bond acceptors (Lipinski definition) is 4. The Balaban J connectivity index is 2.65. The van der Waals surface area contributed by atoms with Crippen LogP contribution in [0.5, 0.6) is 0 Å². The van der Waals surface area contributed by atoms with E-state index in [0.717, 1.165) is 12.8 Å². The van der Waals surface area contributed by atoms with Gasteiger partial charge >= 0.3 is 0 Å². The van der Waals surface area contributed by atoms with Crippen LogP contribution in [0, 0.1) is 12.3 Å². The summed E-state index contributed by atoms with van der Waals surface area (Å²) in [6.07, 6.45) is 1.58. The van der Waals surface area contributed by atoms with E-state index in [1.54, 1.807) is 14.0 Å². The molecule has 0 radical (unpaired) electrons. The third-order valence-corrected chi connectivity index (χ3v) is 3.22. The number of amides is 1. The maximum atomic E-state index is 12.1. The van der Waals surface area contributed by atoms with Gasteiger partial charge in [-0.1, -0.05) is 13.8 Å². The Morgan fingerprint density at radius 1 is 1.53 bits per heavy atom. The SMILES string of the molecule is Cc1nn(C)c(C(=O)NCC(C)(C)CCCO)c1N. The molecule has 0 aromatic carbocycles. The van der Waals surface area contributed by atoms with Gasteiger partial charge in [-0.25, -0.2) is 0 Å². The number of carbonyl (C=O) groups is 1. The van der Waals surface area contributed by atoms with E-state index in [1.165, 1.54) is 4.68 Å². The lowest BCUT2D eigenvalue weighted by atomic mass is 9.88. The van der Waals surface area contributed by atoms with Gasteiger partial charge in [0.25, 0.3) is 5.91 Å². The number of nitrogens with two attached hydrogens (primary N) is 1. The number of nitrogens with zero attached hydrogens (tertiary/aromatic N) is 2.